The summed E-state index contributed by atoms with van der Waals surface area (Å²) in [5.41, 5.74) is -0.773. The van der Waals surface area contributed by atoms with Gasteiger partial charge in [-0.2, -0.15) is 0 Å². The number of hydrogen-bond donors (Lipinski definition) is 4. The molecule has 0 aromatic heterocycles. The number of hydrogen-bond acceptors (Lipinski definition) is 5. The van der Waals surface area contributed by atoms with E-state index in [0.717, 1.165) is 4.90 Å². The lowest BCUT2D eigenvalue weighted by Gasteiger charge is -2.34. The van der Waals surface area contributed by atoms with Crippen LogP contribution in [-0.4, -0.2) is 70.0 Å². The number of carbonyl (C=O) groups is 3. The van der Waals surface area contributed by atoms with Crippen molar-refractivity contribution < 1.29 is 33.4 Å². The molecule has 38 heavy (non-hydrogen) atoms. The Kier molecular flexibility index (Phi) is 8.76. The Hall–Kier alpha value is -3.53. The third kappa shape index (κ3) is 5.80. The molecule has 0 saturated carbocycles. The summed E-state index contributed by atoms with van der Waals surface area (Å²) in [6.45, 7) is 5.00. The van der Waals surface area contributed by atoms with Crippen LogP contribution in [0.3, 0.4) is 0 Å². The van der Waals surface area contributed by atoms with Gasteiger partial charge in [0.15, 0.2) is 6.10 Å². The van der Waals surface area contributed by atoms with Crippen molar-refractivity contribution in [3.8, 4) is 5.75 Å². The Bertz CT molecular complexity index is 1170. The standard InChI is InChI=1S/C28H35F2N3O5/c1-5-14-31-25(37)23-27(3,4)28(29,30)16-33(23)26(38)22(35)20(15-18-10-7-6-8-11-18)32-24(36)19-12-9-13-21(34)17(19)2/h6-13,20,22-23,34-35H,5,14-16H2,1-4H3,(H,31,37)(H,32,36). The zero-order valence-electron chi connectivity index (χ0n) is 22.0. The molecule has 1 aliphatic heterocycles. The SMILES string of the molecule is CCCNC(=O)C1N(C(=O)C(O)C(Cc2ccccc2)NC(=O)c2cccc(O)c2C)CC(F)(F)C1(C)C. The molecular formula is C28H35F2N3O5. The monoisotopic (exact) mass is 531 g/mol. The zero-order chi connectivity index (χ0) is 28.3. The molecule has 0 radical (unpaired) electrons. The molecule has 3 amide bonds. The van der Waals surface area contributed by atoms with E-state index in [2.05, 4.69) is 10.6 Å². The van der Waals surface area contributed by atoms with Crippen molar-refractivity contribution in [2.45, 2.75) is 64.6 Å². The number of phenolic OH excluding ortho intramolecular Hbond substituents is 1. The van der Waals surface area contributed by atoms with Crippen LogP contribution in [0.1, 0.15) is 48.7 Å². The van der Waals surface area contributed by atoms with Crippen molar-refractivity contribution in [3.63, 3.8) is 0 Å². The minimum Gasteiger partial charge on any atom is -0.508 e. The largest absolute Gasteiger partial charge is 0.508 e. The first-order valence-electron chi connectivity index (χ1n) is 12.6. The number of phenols is 1. The smallest absolute Gasteiger partial charge is 0.272 e. The number of carbonyl (C=O) groups excluding carboxylic acids is 3. The van der Waals surface area contributed by atoms with Crippen LogP contribution in [-0.2, 0) is 16.0 Å². The highest BCUT2D eigenvalue weighted by Gasteiger charge is 2.64. The molecular weight excluding hydrogens is 496 g/mol. The zero-order valence-corrected chi connectivity index (χ0v) is 22.0. The molecule has 0 spiro atoms. The third-order valence-electron chi connectivity index (χ3n) is 7.19. The molecule has 4 N–H and O–H groups in total. The molecule has 8 nitrogen and oxygen atoms in total. The van der Waals surface area contributed by atoms with Crippen LogP contribution in [0.5, 0.6) is 5.75 Å². The van der Waals surface area contributed by atoms with E-state index in [4.69, 9.17) is 0 Å². The molecule has 206 valence electrons. The van der Waals surface area contributed by atoms with Crippen LogP contribution in [0.4, 0.5) is 8.78 Å². The van der Waals surface area contributed by atoms with Gasteiger partial charge in [0.05, 0.1) is 18.0 Å². The summed E-state index contributed by atoms with van der Waals surface area (Å²) in [5, 5.41) is 26.4. The summed E-state index contributed by atoms with van der Waals surface area (Å²) in [6.07, 6.45) is -1.34. The van der Waals surface area contributed by atoms with Gasteiger partial charge < -0.3 is 25.7 Å². The Balaban J connectivity index is 1.94. The molecule has 1 heterocycles. The molecule has 3 rings (SSSR count). The minimum absolute atomic E-state index is 0.0116. The number of aromatic hydroxyl groups is 1. The van der Waals surface area contributed by atoms with Crippen molar-refractivity contribution in [1.29, 1.82) is 0 Å². The number of aliphatic hydroxyl groups is 1. The van der Waals surface area contributed by atoms with Gasteiger partial charge in [0, 0.05) is 17.7 Å². The van der Waals surface area contributed by atoms with Crippen molar-refractivity contribution in [2.75, 3.05) is 13.1 Å². The van der Waals surface area contributed by atoms with Gasteiger partial charge in [0.2, 0.25) is 5.91 Å². The molecule has 0 aliphatic carbocycles. The first kappa shape index (κ1) is 29.0. The summed E-state index contributed by atoms with van der Waals surface area (Å²) in [5.74, 6) is -5.96. The van der Waals surface area contributed by atoms with Crippen LogP contribution < -0.4 is 10.6 Å². The van der Waals surface area contributed by atoms with Crippen LogP contribution in [0.25, 0.3) is 0 Å². The van der Waals surface area contributed by atoms with Crippen LogP contribution >= 0.6 is 0 Å². The lowest BCUT2D eigenvalue weighted by Crippen LogP contribution is -2.57. The van der Waals surface area contributed by atoms with E-state index in [1.54, 1.807) is 37.3 Å². The first-order valence-corrected chi connectivity index (χ1v) is 12.6. The third-order valence-corrected chi connectivity index (χ3v) is 7.19. The molecule has 1 fully saturated rings. The second-order valence-corrected chi connectivity index (χ2v) is 10.3. The van der Waals surface area contributed by atoms with E-state index in [0.29, 0.717) is 17.5 Å². The van der Waals surface area contributed by atoms with Crippen molar-refractivity contribution in [2.24, 2.45) is 5.41 Å². The van der Waals surface area contributed by atoms with Crippen molar-refractivity contribution in [1.82, 2.24) is 15.5 Å². The lowest BCUT2D eigenvalue weighted by atomic mass is 9.81. The molecule has 3 unspecified atom stereocenters. The van der Waals surface area contributed by atoms with Gasteiger partial charge in [-0.05, 0) is 37.5 Å². The number of aliphatic hydroxyl groups excluding tert-OH is 1. The number of benzene rings is 2. The Labute approximate surface area is 221 Å². The number of rotatable bonds is 9. The fourth-order valence-corrected chi connectivity index (χ4v) is 4.69. The minimum atomic E-state index is -3.40. The lowest BCUT2D eigenvalue weighted by molar-refractivity contribution is -0.148. The Morgan fingerprint density at radius 1 is 1.11 bits per heavy atom. The summed E-state index contributed by atoms with van der Waals surface area (Å²) in [7, 11) is 0. The highest BCUT2D eigenvalue weighted by atomic mass is 19.3. The maximum Gasteiger partial charge on any atom is 0.272 e. The van der Waals surface area contributed by atoms with Gasteiger partial charge in [-0.15, -0.1) is 0 Å². The van der Waals surface area contributed by atoms with Gasteiger partial charge in [0.25, 0.3) is 17.7 Å². The van der Waals surface area contributed by atoms with E-state index in [9.17, 15) is 24.6 Å². The summed E-state index contributed by atoms with van der Waals surface area (Å²) < 4.78 is 30.1. The number of alkyl halides is 2. The van der Waals surface area contributed by atoms with Gasteiger partial charge in [-0.3, -0.25) is 14.4 Å². The summed E-state index contributed by atoms with van der Waals surface area (Å²) >= 11 is 0. The molecule has 3 atom stereocenters. The second kappa shape index (κ2) is 11.5. The van der Waals surface area contributed by atoms with E-state index < -0.39 is 53.8 Å². The highest BCUT2D eigenvalue weighted by molar-refractivity contribution is 5.97. The van der Waals surface area contributed by atoms with Gasteiger partial charge >= 0.3 is 0 Å². The van der Waals surface area contributed by atoms with Crippen LogP contribution in [0.2, 0.25) is 0 Å². The Morgan fingerprint density at radius 3 is 2.39 bits per heavy atom. The number of likely N-dealkylation sites (tertiary alicyclic amines) is 1. The molecule has 2 aromatic rings. The van der Waals surface area contributed by atoms with Gasteiger partial charge in [-0.25, -0.2) is 8.78 Å². The van der Waals surface area contributed by atoms with Crippen LogP contribution in [0.15, 0.2) is 48.5 Å². The fourth-order valence-electron chi connectivity index (χ4n) is 4.69. The molecule has 0 bridgehead atoms. The molecule has 1 saturated heterocycles. The molecule has 1 aliphatic rings. The highest BCUT2D eigenvalue weighted by Crippen LogP contribution is 2.48. The molecule has 10 heteroatoms. The topological polar surface area (TPSA) is 119 Å². The maximum atomic E-state index is 15.0. The van der Waals surface area contributed by atoms with Gasteiger partial charge in [0.1, 0.15) is 11.8 Å². The number of amides is 3. The predicted molar refractivity (Wildman–Crippen MR) is 138 cm³/mol. The predicted octanol–water partition coefficient (Wildman–Crippen LogP) is 2.80. The van der Waals surface area contributed by atoms with Crippen LogP contribution in [0, 0.1) is 12.3 Å². The number of nitrogens with one attached hydrogen (secondary N) is 2. The number of halogens is 2. The average Bonchev–Trinajstić information content (AvgIpc) is 3.07. The second-order valence-electron chi connectivity index (χ2n) is 10.3. The van der Waals surface area contributed by atoms with Gasteiger partial charge in [-0.1, -0.05) is 57.2 Å². The van der Waals surface area contributed by atoms with E-state index in [1.165, 1.54) is 32.0 Å². The summed E-state index contributed by atoms with van der Waals surface area (Å²) in [6, 6.07) is 10.4. The van der Waals surface area contributed by atoms with Crippen molar-refractivity contribution >= 4 is 17.7 Å². The normalized spacial score (nSPS) is 19.4. The first-order chi connectivity index (χ1) is 17.8. The van der Waals surface area contributed by atoms with Crippen molar-refractivity contribution in [3.05, 3.63) is 65.2 Å². The molecule has 2 aromatic carbocycles. The maximum absolute atomic E-state index is 15.0. The van der Waals surface area contributed by atoms with E-state index >= 15 is 8.78 Å². The Morgan fingerprint density at radius 2 is 1.76 bits per heavy atom. The van der Waals surface area contributed by atoms with E-state index in [-0.39, 0.29) is 24.3 Å². The number of nitrogens with zero attached hydrogens (tertiary/aromatic N) is 1. The average molecular weight is 532 g/mol. The van der Waals surface area contributed by atoms with E-state index in [1.807, 2.05) is 6.92 Å². The quantitative estimate of drug-likeness (QED) is 0.397. The fraction of sp³-hybridized carbons (Fsp3) is 0.464. The summed E-state index contributed by atoms with van der Waals surface area (Å²) in [4.78, 5) is 40.3.